The van der Waals surface area contributed by atoms with Crippen LogP contribution in [-0.4, -0.2) is 16.5 Å². The van der Waals surface area contributed by atoms with Gasteiger partial charge in [0.25, 0.3) is 0 Å². The highest BCUT2D eigenvalue weighted by Gasteiger charge is 2.57. The standard InChI is InChI=1S/C20H32O2/c1-13(2)14-6-8-16-15(12-14)7-9-17-19(16,3)10-5-11-20(17,4)18(21)22/h12,16-18,21-22H,5-11H2,1-4H3/t16-,17?,19+,20+/m0/s1. The molecule has 1 unspecified atom stereocenters. The van der Waals surface area contributed by atoms with Gasteiger partial charge >= 0.3 is 0 Å². The number of fused-ring (bicyclic) bond motifs is 3. The number of hydrogen-bond acceptors (Lipinski definition) is 2. The minimum absolute atomic E-state index is 0.244. The van der Waals surface area contributed by atoms with Crippen LogP contribution >= 0.6 is 0 Å². The second kappa shape index (κ2) is 5.49. The van der Waals surface area contributed by atoms with Crippen molar-refractivity contribution in [1.29, 1.82) is 0 Å². The summed E-state index contributed by atoms with van der Waals surface area (Å²) in [6.07, 6.45) is 9.31. The van der Waals surface area contributed by atoms with Crippen molar-refractivity contribution in [3.63, 3.8) is 0 Å². The first-order valence-electron chi connectivity index (χ1n) is 9.02. The van der Waals surface area contributed by atoms with Gasteiger partial charge in [0.15, 0.2) is 6.29 Å². The van der Waals surface area contributed by atoms with Crippen LogP contribution in [-0.2, 0) is 0 Å². The number of rotatable bonds is 1. The van der Waals surface area contributed by atoms with Gasteiger partial charge in [0.2, 0.25) is 0 Å². The van der Waals surface area contributed by atoms with Gasteiger partial charge < -0.3 is 10.2 Å². The van der Waals surface area contributed by atoms with Crippen LogP contribution in [0.1, 0.15) is 72.6 Å². The molecule has 3 aliphatic carbocycles. The lowest BCUT2D eigenvalue weighted by molar-refractivity contribution is -0.201. The third-order valence-electron chi connectivity index (χ3n) is 7.28. The average Bonchev–Trinajstić information content (AvgIpc) is 2.46. The van der Waals surface area contributed by atoms with E-state index in [0.717, 1.165) is 25.7 Å². The highest BCUT2D eigenvalue weighted by molar-refractivity contribution is 5.34. The van der Waals surface area contributed by atoms with E-state index in [9.17, 15) is 10.2 Å². The maximum Gasteiger partial charge on any atom is 0.157 e. The third kappa shape index (κ3) is 2.30. The quantitative estimate of drug-likeness (QED) is 0.696. The van der Waals surface area contributed by atoms with Gasteiger partial charge in [-0.15, -0.1) is 0 Å². The van der Waals surface area contributed by atoms with E-state index >= 15 is 0 Å². The molecule has 22 heavy (non-hydrogen) atoms. The predicted molar refractivity (Wildman–Crippen MR) is 90.2 cm³/mol. The van der Waals surface area contributed by atoms with Crippen molar-refractivity contribution in [3.05, 3.63) is 22.8 Å². The van der Waals surface area contributed by atoms with E-state index in [1.165, 1.54) is 30.4 Å². The monoisotopic (exact) mass is 304 g/mol. The fourth-order valence-electron chi connectivity index (χ4n) is 5.92. The Hall–Kier alpha value is -0.600. The molecule has 0 aromatic carbocycles. The zero-order chi connectivity index (χ0) is 16.1. The van der Waals surface area contributed by atoms with Crippen molar-refractivity contribution >= 4 is 0 Å². The molecule has 3 aliphatic rings. The minimum atomic E-state index is -1.18. The van der Waals surface area contributed by atoms with E-state index in [4.69, 9.17) is 0 Å². The topological polar surface area (TPSA) is 40.5 Å². The summed E-state index contributed by atoms with van der Waals surface area (Å²) in [4.78, 5) is 0. The SMILES string of the molecule is CC(C)=C1C=C2CCC3[C@](C)(C(O)O)CCC[C@]3(C)[C@H]2CC1. The summed E-state index contributed by atoms with van der Waals surface area (Å²) >= 11 is 0. The third-order valence-corrected chi connectivity index (χ3v) is 7.28. The second-order valence-corrected chi connectivity index (χ2v) is 8.67. The Bertz CT molecular complexity index is 512. The largest absolute Gasteiger partial charge is 0.368 e. The Balaban J connectivity index is 1.97. The minimum Gasteiger partial charge on any atom is -0.368 e. The molecule has 2 heteroatoms. The van der Waals surface area contributed by atoms with E-state index < -0.39 is 6.29 Å². The number of hydrogen-bond donors (Lipinski definition) is 2. The molecule has 2 fully saturated rings. The first-order valence-corrected chi connectivity index (χ1v) is 9.02. The Labute approximate surface area is 135 Å². The number of allylic oxidation sites excluding steroid dienone is 4. The van der Waals surface area contributed by atoms with Gasteiger partial charge in [-0.2, -0.15) is 0 Å². The summed E-state index contributed by atoms with van der Waals surface area (Å²) in [7, 11) is 0. The summed E-state index contributed by atoms with van der Waals surface area (Å²) in [6, 6.07) is 0. The summed E-state index contributed by atoms with van der Waals surface area (Å²) in [6.45, 7) is 8.99. The lowest BCUT2D eigenvalue weighted by Gasteiger charge is -2.60. The summed E-state index contributed by atoms with van der Waals surface area (Å²) in [5.74, 6) is 1.08. The molecular weight excluding hydrogens is 272 g/mol. The first-order chi connectivity index (χ1) is 10.3. The lowest BCUT2D eigenvalue weighted by atomic mass is 9.45. The van der Waals surface area contributed by atoms with Crippen molar-refractivity contribution in [1.82, 2.24) is 0 Å². The predicted octanol–water partition coefficient (Wildman–Crippen LogP) is 4.58. The van der Waals surface area contributed by atoms with Gasteiger partial charge in [-0.1, -0.05) is 37.5 Å². The van der Waals surface area contributed by atoms with Gasteiger partial charge in [-0.05, 0) is 75.2 Å². The van der Waals surface area contributed by atoms with Crippen LogP contribution in [0.15, 0.2) is 22.8 Å². The van der Waals surface area contributed by atoms with Gasteiger partial charge in [0, 0.05) is 5.41 Å². The van der Waals surface area contributed by atoms with Crippen molar-refractivity contribution < 1.29 is 10.2 Å². The zero-order valence-corrected chi connectivity index (χ0v) is 14.7. The van der Waals surface area contributed by atoms with Crippen LogP contribution in [0.4, 0.5) is 0 Å². The van der Waals surface area contributed by atoms with Crippen LogP contribution < -0.4 is 0 Å². The Morgan fingerprint density at radius 1 is 1.14 bits per heavy atom. The summed E-state index contributed by atoms with van der Waals surface area (Å²) < 4.78 is 0. The molecule has 0 aromatic heterocycles. The summed E-state index contributed by atoms with van der Waals surface area (Å²) in [5, 5.41) is 20.1. The normalized spacial score (nSPS) is 41.8. The first kappa shape index (κ1) is 16.3. The second-order valence-electron chi connectivity index (χ2n) is 8.67. The van der Waals surface area contributed by atoms with E-state index in [-0.39, 0.29) is 10.8 Å². The molecular formula is C20H32O2. The van der Waals surface area contributed by atoms with Crippen molar-refractivity contribution in [2.24, 2.45) is 22.7 Å². The van der Waals surface area contributed by atoms with E-state index in [0.29, 0.717) is 11.8 Å². The van der Waals surface area contributed by atoms with Gasteiger partial charge in [-0.3, -0.25) is 0 Å². The van der Waals surface area contributed by atoms with Crippen LogP contribution in [0.2, 0.25) is 0 Å². The molecule has 0 radical (unpaired) electrons. The average molecular weight is 304 g/mol. The van der Waals surface area contributed by atoms with Gasteiger partial charge in [0.1, 0.15) is 0 Å². The maximum absolute atomic E-state index is 10.0. The molecule has 0 aromatic rings. The van der Waals surface area contributed by atoms with Gasteiger partial charge in [0.05, 0.1) is 0 Å². The highest BCUT2D eigenvalue weighted by Crippen LogP contribution is 2.63. The van der Waals surface area contributed by atoms with Crippen LogP contribution in [0.25, 0.3) is 0 Å². The molecule has 0 heterocycles. The molecule has 0 bridgehead atoms. The lowest BCUT2D eigenvalue weighted by Crippen LogP contribution is -2.54. The molecule has 2 saturated carbocycles. The molecule has 0 amide bonds. The Morgan fingerprint density at radius 3 is 2.50 bits per heavy atom. The van der Waals surface area contributed by atoms with Crippen molar-refractivity contribution in [2.45, 2.75) is 78.9 Å². The highest BCUT2D eigenvalue weighted by atomic mass is 16.5. The van der Waals surface area contributed by atoms with Crippen molar-refractivity contribution in [2.75, 3.05) is 0 Å². The molecule has 0 spiro atoms. The Kier molecular flexibility index (Phi) is 4.06. The van der Waals surface area contributed by atoms with E-state index in [1.807, 2.05) is 0 Å². The molecule has 4 atom stereocenters. The maximum atomic E-state index is 10.0. The molecule has 124 valence electrons. The van der Waals surface area contributed by atoms with Crippen LogP contribution in [0.3, 0.4) is 0 Å². The zero-order valence-electron chi connectivity index (χ0n) is 14.7. The number of aliphatic hydroxyl groups is 2. The molecule has 2 nitrogen and oxygen atoms in total. The molecule has 2 N–H and O–H groups in total. The van der Waals surface area contributed by atoms with E-state index in [1.54, 1.807) is 5.57 Å². The smallest absolute Gasteiger partial charge is 0.157 e. The summed E-state index contributed by atoms with van der Waals surface area (Å²) in [5.41, 5.74) is 4.55. The Morgan fingerprint density at radius 2 is 1.86 bits per heavy atom. The molecule has 0 aliphatic heterocycles. The van der Waals surface area contributed by atoms with Crippen LogP contribution in [0.5, 0.6) is 0 Å². The van der Waals surface area contributed by atoms with Gasteiger partial charge in [-0.25, -0.2) is 0 Å². The van der Waals surface area contributed by atoms with Crippen molar-refractivity contribution in [3.8, 4) is 0 Å². The molecule has 3 rings (SSSR count). The number of aliphatic hydroxyl groups excluding tert-OH is 1. The molecule has 0 saturated heterocycles. The van der Waals surface area contributed by atoms with E-state index in [2.05, 4.69) is 33.8 Å². The fourth-order valence-corrected chi connectivity index (χ4v) is 5.92. The fraction of sp³-hybridized carbons (Fsp3) is 0.800. The van der Waals surface area contributed by atoms with Crippen LogP contribution in [0, 0.1) is 22.7 Å².